The third-order valence-electron chi connectivity index (χ3n) is 2.78. The Morgan fingerprint density at radius 2 is 2.25 bits per heavy atom. The van der Waals surface area contributed by atoms with Crippen LogP contribution in [-0.2, 0) is 4.74 Å². The largest absolute Gasteiger partial charge is 0.449 e. The van der Waals surface area contributed by atoms with Gasteiger partial charge in [0.2, 0.25) is 0 Å². The number of carbonyl (C=O) groups excluding carboxylic acids is 1. The summed E-state index contributed by atoms with van der Waals surface area (Å²) in [5.74, 6) is 0. The minimum absolute atomic E-state index is 0.0136. The van der Waals surface area contributed by atoms with Crippen LogP contribution >= 0.6 is 0 Å². The first kappa shape index (κ1) is 13.3. The second-order valence-corrected chi connectivity index (χ2v) is 5.05. The molecule has 0 unspecified atom stereocenters. The third kappa shape index (κ3) is 4.39. The van der Waals surface area contributed by atoms with Gasteiger partial charge in [-0.3, -0.25) is 0 Å². The molecule has 0 aromatic heterocycles. The highest BCUT2D eigenvalue weighted by atomic mass is 16.6. The van der Waals surface area contributed by atoms with Crippen molar-refractivity contribution in [3.05, 3.63) is 0 Å². The summed E-state index contributed by atoms with van der Waals surface area (Å²) in [4.78, 5) is 13.6. The van der Waals surface area contributed by atoms with Gasteiger partial charge in [0.05, 0.1) is 6.61 Å². The number of ether oxygens (including phenoxy) is 1. The average Bonchev–Trinajstić information content (AvgIpc) is 2.39. The lowest BCUT2D eigenvalue weighted by Crippen LogP contribution is -2.48. The maximum atomic E-state index is 11.8. The van der Waals surface area contributed by atoms with Crippen LogP contribution in [0.3, 0.4) is 0 Å². The predicted molar refractivity (Wildman–Crippen MR) is 64.5 cm³/mol. The maximum Gasteiger partial charge on any atom is 0.409 e. The Morgan fingerprint density at radius 3 is 2.94 bits per heavy atom. The number of amides is 1. The van der Waals surface area contributed by atoms with Crippen molar-refractivity contribution in [2.45, 2.75) is 45.6 Å². The summed E-state index contributed by atoms with van der Waals surface area (Å²) in [6.45, 7) is 9.34. The quantitative estimate of drug-likeness (QED) is 0.751. The SMILES string of the molecule is CCCCOC(=O)N1CCCNC(C)(C)C1. The van der Waals surface area contributed by atoms with Crippen LogP contribution in [0.5, 0.6) is 0 Å². The zero-order valence-electron chi connectivity index (χ0n) is 10.7. The lowest BCUT2D eigenvalue weighted by Gasteiger charge is -2.29. The van der Waals surface area contributed by atoms with E-state index in [-0.39, 0.29) is 11.6 Å². The monoisotopic (exact) mass is 228 g/mol. The normalized spacial score (nSPS) is 20.3. The van der Waals surface area contributed by atoms with E-state index in [1.807, 2.05) is 4.90 Å². The molecule has 4 nitrogen and oxygen atoms in total. The average molecular weight is 228 g/mol. The van der Waals surface area contributed by atoms with Crippen molar-refractivity contribution in [3.8, 4) is 0 Å². The molecule has 16 heavy (non-hydrogen) atoms. The molecule has 1 rings (SSSR count). The third-order valence-corrected chi connectivity index (χ3v) is 2.78. The topological polar surface area (TPSA) is 41.6 Å². The van der Waals surface area contributed by atoms with Crippen molar-refractivity contribution in [2.75, 3.05) is 26.2 Å². The van der Waals surface area contributed by atoms with Crippen LogP contribution in [0.2, 0.25) is 0 Å². The Morgan fingerprint density at radius 1 is 1.50 bits per heavy atom. The van der Waals surface area contributed by atoms with Gasteiger partial charge in [0.1, 0.15) is 0 Å². The molecule has 1 amide bonds. The maximum absolute atomic E-state index is 11.8. The van der Waals surface area contributed by atoms with Gasteiger partial charge in [-0.1, -0.05) is 13.3 Å². The van der Waals surface area contributed by atoms with Crippen LogP contribution < -0.4 is 5.32 Å². The Balaban J connectivity index is 2.41. The van der Waals surface area contributed by atoms with Crippen molar-refractivity contribution in [3.63, 3.8) is 0 Å². The van der Waals surface area contributed by atoms with Gasteiger partial charge in [-0.25, -0.2) is 4.79 Å². The number of nitrogens with one attached hydrogen (secondary N) is 1. The highest BCUT2D eigenvalue weighted by molar-refractivity contribution is 5.67. The molecule has 1 saturated heterocycles. The van der Waals surface area contributed by atoms with Crippen molar-refractivity contribution in [1.29, 1.82) is 0 Å². The molecule has 0 spiro atoms. The van der Waals surface area contributed by atoms with Crippen molar-refractivity contribution in [1.82, 2.24) is 10.2 Å². The van der Waals surface area contributed by atoms with E-state index in [1.165, 1.54) is 0 Å². The smallest absolute Gasteiger partial charge is 0.409 e. The summed E-state index contributed by atoms with van der Waals surface area (Å²) in [6, 6.07) is 0. The molecule has 1 aliphatic heterocycles. The lowest BCUT2D eigenvalue weighted by atomic mass is 10.1. The van der Waals surface area contributed by atoms with E-state index in [4.69, 9.17) is 4.74 Å². The molecule has 1 heterocycles. The van der Waals surface area contributed by atoms with Crippen LogP contribution in [0.4, 0.5) is 4.79 Å². The lowest BCUT2D eigenvalue weighted by molar-refractivity contribution is 0.0959. The molecule has 4 heteroatoms. The van der Waals surface area contributed by atoms with Gasteiger partial charge >= 0.3 is 6.09 Å². The van der Waals surface area contributed by atoms with Gasteiger partial charge in [0.25, 0.3) is 0 Å². The Bertz CT molecular complexity index is 229. The van der Waals surface area contributed by atoms with Crippen molar-refractivity contribution in [2.24, 2.45) is 0 Å². The van der Waals surface area contributed by atoms with E-state index in [9.17, 15) is 4.79 Å². The molecule has 0 atom stereocenters. The van der Waals surface area contributed by atoms with Crippen molar-refractivity contribution >= 4 is 6.09 Å². The van der Waals surface area contributed by atoms with Crippen molar-refractivity contribution < 1.29 is 9.53 Å². The van der Waals surface area contributed by atoms with Crippen LogP contribution in [0.1, 0.15) is 40.0 Å². The molecule has 1 aliphatic rings. The minimum Gasteiger partial charge on any atom is -0.449 e. The summed E-state index contributed by atoms with van der Waals surface area (Å²) in [5.41, 5.74) is -0.0136. The van der Waals surface area contributed by atoms with Gasteiger partial charge < -0.3 is 15.0 Å². The van der Waals surface area contributed by atoms with Crippen LogP contribution in [0.25, 0.3) is 0 Å². The molecule has 0 aromatic rings. The number of rotatable bonds is 3. The molecule has 0 radical (unpaired) electrons. The summed E-state index contributed by atoms with van der Waals surface area (Å²) >= 11 is 0. The number of nitrogens with zero attached hydrogens (tertiary/aromatic N) is 1. The van der Waals surface area contributed by atoms with Gasteiger partial charge in [-0.2, -0.15) is 0 Å². The molecular weight excluding hydrogens is 204 g/mol. The van der Waals surface area contributed by atoms with E-state index in [1.54, 1.807) is 0 Å². The fourth-order valence-corrected chi connectivity index (χ4v) is 1.86. The van der Waals surface area contributed by atoms with Gasteiger partial charge in [-0.05, 0) is 33.2 Å². The Labute approximate surface area is 98.3 Å². The first-order chi connectivity index (χ1) is 7.55. The number of carbonyl (C=O) groups is 1. The standard InChI is InChI=1S/C12H24N2O2/c1-4-5-9-16-11(15)14-8-6-7-13-12(2,3)10-14/h13H,4-10H2,1-3H3. The number of hydrogen-bond acceptors (Lipinski definition) is 3. The van der Waals surface area contributed by atoms with E-state index in [0.29, 0.717) is 6.61 Å². The van der Waals surface area contributed by atoms with Gasteiger partial charge in [0.15, 0.2) is 0 Å². The van der Waals surface area contributed by atoms with Crippen LogP contribution in [0.15, 0.2) is 0 Å². The fraction of sp³-hybridized carbons (Fsp3) is 0.917. The summed E-state index contributed by atoms with van der Waals surface area (Å²) in [5, 5.41) is 3.42. The molecule has 0 saturated carbocycles. The highest BCUT2D eigenvalue weighted by Gasteiger charge is 2.27. The summed E-state index contributed by atoms with van der Waals surface area (Å²) < 4.78 is 5.23. The first-order valence-electron chi connectivity index (χ1n) is 6.22. The zero-order valence-corrected chi connectivity index (χ0v) is 10.7. The fourth-order valence-electron chi connectivity index (χ4n) is 1.86. The summed E-state index contributed by atoms with van der Waals surface area (Å²) in [7, 11) is 0. The molecule has 0 bridgehead atoms. The van der Waals surface area contributed by atoms with E-state index in [0.717, 1.165) is 38.9 Å². The molecular formula is C12H24N2O2. The van der Waals surface area contributed by atoms with E-state index < -0.39 is 0 Å². The summed E-state index contributed by atoms with van der Waals surface area (Å²) in [6.07, 6.45) is 2.83. The molecule has 1 N–H and O–H groups in total. The van der Waals surface area contributed by atoms with Gasteiger partial charge in [0, 0.05) is 18.6 Å². The zero-order chi connectivity index (χ0) is 12.0. The minimum atomic E-state index is -0.162. The second-order valence-electron chi connectivity index (χ2n) is 5.05. The predicted octanol–water partition coefficient (Wildman–Crippen LogP) is 2.00. The number of unbranched alkanes of at least 4 members (excludes halogenated alkanes) is 1. The molecule has 0 aromatic carbocycles. The van der Waals surface area contributed by atoms with Crippen LogP contribution in [-0.4, -0.2) is 42.8 Å². The Kier molecular flexibility index (Phi) is 5.06. The van der Waals surface area contributed by atoms with E-state index >= 15 is 0 Å². The second kappa shape index (κ2) is 6.09. The molecule has 94 valence electrons. The molecule has 0 aliphatic carbocycles. The Hall–Kier alpha value is -0.770. The first-order valence-corrected chi connectivity index (χ1v) is 6.22. The number of hydrogen-bond donors (Lipinski definition) is 1. The highest BCUT2D eigenvalue weighted by Crippen LogP contribution is 2.11. The van der Waals surface area contributed by atoms with E-state index in [2.05, 4.69) is 26.1 Å². The van der Waals surface area contributed by atoms with Crippen LogP contribution in [0, 0.1) is 0 Å². The molecule has 1 fully saturated rings. The van der Waals surface area contributed by atoms with Gasteiger partial charge in [-0.15, -0.1) is 0 Å².